The summed E-state index contributed by atoms with van der Waals surface area (Å²) < 4.78 is 18.8. The maximum absolute atomic E-state index is 13.7. The Morgan fingerprint density at radius 2 is 2.19 bits per heavy atom. The highest BCUT2D eigenvalue weighted by atomic mass is 19.1. The third-order valence-corrected chi connectivity index (χ3v) is 4.85. The van der Waals surface area contributed by atoms with Gasteiger partial charge in [-0.25, -0.2) is 9.18 Å². The van der Waals surface area contributed by atoms with Gasteiger partial charge >= 0.3 is 5.97 Å². The molecule has 1 fully saturated rings. The van der Waals surface area contributed by atoms with Crippen molar-refractivity contribution in [2.45, 2.75) is 45.1 Å². The molecule has 1 unspecified atom stereocenters. The Hall–Kier alpha value is -2.77. The van der Waals surface area contributed by atoms with Crippen molar-refractivity contribution < 1.29 is 23.6 Å². The summed E-state index contributed by atoms with van der Waals surface area (Å²) in [6.45, 7) is 3.66. The van der Waals surface area contributed by atoms with Gasteiger partial charge in [-0.3, -0.25) is 4.79 Å². The van der Waals surface area contributed by atoms with Crippen molar-refractivity contribution in [1.29, 1.82) is 0 Å². The molecular formula is C18H20FN3O4. The van der Waals surface area contributed by atoms with Crippen LogP contribution in [0.4, 0.5) is 4.39 Å². The molecule has 1 aromatic heterocycles. The summed E-state index contributed by atoms with van der Waals surface area (Å²) in [5.41, 5.74) is -0.140. The second-order valence-electron chi connectivity index (χ2n) is 6.70. The number of hydrogen-bond acceptors (Lipinski definition) is 5. The number of carboxylic acid groups (broad SMARTS) is 1. The number of carboxylic acids is 1. The van der Waals surface area contributed by atoms with E-state index >= 15 is 0 Å². The van der Waals surface area contributed by atoms with Crippen molar-refractivity contribution in [2.24, 2.45) is 0 Å². The van der Waals surface area contributed by atoms with Gasteiger partial charge in [0.2, 0.25) is 17.6 Å². The number of aryl methyl sites for hydroxylation is 2. The largest absolute Gasteiger partial charge is 0.480 e. The standard InChI is InChI=1S/C18H20FN3O4/c1-11-4-5-12(10-13(11)19)16-20-14(26-21-16)6-7-15(23)22-9-3-8-18(22,2)17(24)25/h4-5,10H,3,6-9H2,1-2H3,(H,24,25). The molecule has 0 bridgehead atoms. The fourth-order valence-electron chi connectivity index (χ4n) is 3.14. The first-order chi connectivity index (χ1) is 12.3. The molecule has 1 atom stereocenters. The van der Waals surface area contributed by atoms with Gasteiger partial charge in [0, 0.05) is 24.9 Å². The fraction of sp³-hybridized carbons (Fsp3) is 0.444. The topological polar surface area (TPSA) is 96.5 Å². The van der Waals surface area contributed by atoms with E-state index in [2.05, 4.69) is 10.1 Å². The number of aliphatic carboxylic acids is 1. The molecule has 0 radical (unpaired) electrons. The number of amides is 1. The minimum Gasteiger partial charge on any atom is -0.480 e. The van der Waals surface area contributed by atoms with Crippen LogP contribution in [-0.2, 0) is 16.0 Å². The first-order valence-corrected chi connectivity index (χ1v) is 8.44. The number of hydrogen-bond donors (Lipinski definition) is 1. The SMILES string of the molecule is Cc1ccc(-c2noc(CCC(=O)N3CCCC3(C)C(=O)O)n2)cc1F. The Labute approximate surface area is 149 Å². The average Bonchev–Trinajstić information content (AvgIpc) is 3.23. The predicted octanol–water partition coefficient (Wildman–Crippen LogP) is 2.58. The zero-order valence-corrected chi connectivity index (χ0v) is 14.7. The van der Waals surface area contributed by atoms with E-state index < -0.39 is 11.5 Å². The molecule has 1 aromatic carbocycles. The van der Waals surface area contributed by atoms with E-state index in [4.69, 9.17) is 4.52 Å². The highest BCUT2D eigenvalue weighted by Crippen LogP contribution is 2.30. The van der Waals surface area contributed by atoms with Crippen LogP contribution in [0.1, 0.15) is 37.6 Å². The Morgan fingerprint density at radius 1 is 1.42 bits per heavy atom. The molecule has 7 nitrogen and oxygen atoms in total. The number of carbonyl (C=O) groups is 2. The molecular weight excluding hydrogens is 341 g/mol. The summed E-state index contributed by atoms with van der Waals surface area (Å²) in [4.78, 5) is 29.5. The molecule has 2 heterocycles. The minimum atomic E-state index is -1.16. The molecule has 1 aliphatic heterocycles. The maximum atomic E-state index is 13.7. The third-order valence-electron chi connectivity index (χ3n) is 4.85. The van der Waals surface area contributed by atoms with Crippen LogP contribution < -0.4 is 0 Å². The number of carbonyl (C=O) groups excluding carboxylic acids is 1. The Morgan fingerprint density at radius 3 is 2.88 bits per heavy atom. The molecule has 1 amide bonds. The van der Waals surface area contributed by atoms with E-state index in [1.165, 1.54) is 11.0 Å². The van der Waals surface area contributed by atoms with Crippen LogP contribution in [0.15, 0.2) is 22.7 Å². The molecule has 2 aromatic rings. The van der Waals surface area contributed by atoms with E-state index in [-0.39, 0.29) is 36.3 Å². The molecule has 138 valence electrons. The van der Waals surface area contributed by atoms with E-state index in [9.17, 15) is 19.1 Å². The monoisotopic (exact) mass is 361 g/mol. The van der Waals surface area contributed by atoms with Crippen LogP contribution in [0.2, 0.25) is 0 Å². The molecule has 0 aliphatic carbocycles. The van der Waals surface area contributed by atoms with Crippen LogP contribution in [-0.4, -0.2) is 44.1 Å². The van der Waals surface area contributed by atoms with Crippen LogP contribution in [0, 0.1) is 12.7 Å². The second-order valence-corrected chi connectivity index (χ2v) is 6.70. The van der Waals surface area contributed by atoms with Crippen molar-refractivity contribution in [1.82, 2.24) is 15.0 Å². The van der Waals surface area contributed by atoms with Gasteiger partial charge in [-0.05, 0) is 38.3 Å². The number of nitrogens with zero attached hydrogens (tertiary/aromatic N) is 3. The highest BCUT2D eigenvalue weighted by molar-refractivity contribution is 5.87. The average molecular weight is 361 g/mol. The summed E-state index contributed by atoms with van der Waals surface area (Å²) in [5.74, 6) is -1.10. The van der Waals surface area contributed by atoms with Gasteiger partial charge in [0.05, 0.1) is 0 Å². The number of halogens is 1. The Balaban J connectivity index is 1.65. The van der Waals surface area contributed by atoms with Gasteiger partial charge in [0.15, 0.2) is 0 Å². The molecule has 3 rings (SSSR count). The van der Waals surface area contributed by atoms with Gasteiger partial charge < -0.3 is 14.5 Å². The van der Waals surface area contributed by atoms with Crippen LogP contribution in [0.25, 0.3) is 11.4 Å². The quantitative estimate of drug-likeness (QED) is 0.879. The van der Waals surface area contributed by atoms with Gasteiger partial charge in [0.25, 0.3) is 0 Å². The fourth-order valence-corrected chi connectivity index (χ4v) is 3.14. The number of benzene rings is 1. The van der Waals surface area contributed by atoms with Crippen LogP contribution in [0.5, 0.6) is 0 Å². The molecule has 1 aliphatic rings. The van der Waals surface area contributed by atoms with Crippen LogP contribution in [0.3, 0.4) is 0 Å². The van der Waals surface area contributed by atoms with Gasteiger partial charge in [-0.2, -0.15) is 4.98 Å². The summed E-state index contributed by atoms with van der Waals surface area (Å²) in [6, 6.07) is 4.66. The van der Waals surface area contributed by atoms with Crippen molar-refractivity contribution in [3.05, 3.63) is 35.5 Å². The summed E-state index contributed by atoms with van der Waals surface area (Å²) >= 11 is 0. The van der Waals surface area contributed by atoms with Gasteiger partial charge in [-0.15, -0.1) is 0 Å². The summed E-state index contributed by atoms with van der Waals surface area (Å²) in [7, 11) is 0. The van der Waals surface area contributed by atoms with Gasteiger partial charge in [-0.1, -0.05) is 17.3 Å². The van der Waals surface area contributed by atoms with Gasteiger partial charge in [0.1, 0.15) is 11.4 Å². The minimum absolute atomic E-state index is 0.0762. The first-order valence-electron chi connectivity index (χ1n) is 8.44. The third kappa shape index (κ3) is 3.31. The number of likely N-dealkylation sites (tertiary alicyclic amines) is 1. The zero-order chi connectivity index (χ0) is 18.9. The lowest BCUT2D eigenvalue weighted by atomic mass is 9.99. The lowest BCUT2D eigenvalue weighted by molar-refractivity contribution is -0.155. The van der Waals surface area contributed by atoms with Crippen molar-refractivity contribution in [2.75, 3.05) is 6.54 Å². The van der Waals surface area contributed by atoms with E-state index in [1.807, 2.05) is 0 Å². The lowest BCUT2D eigenvalue weighted by Gasteiger charge is -2.31. The summed E-state index contributed by atoms with van der Waals surface area (Å²) in [6.07, 6.45) is 1.38. The highest BCUT2D eigenvalue weighted by Gasteiger charge is 2.45. The molecule has 1 saturated heterocycles. The smallest absolute Gasteiger partial charge is 0.329 e. The second kappa shape index (κ2) is 6.86. The van der Waals surface area contributed by atoms with E-state index in [1.54, 1.807) is 26.0 Å². The summed E-state index contributed by atoms with van der Waals surface area (Å²) in [5, 5.41) is 13.2. The predicted molar refractivity (Wildman–Crippen MR) is 89.7 cm³/mol. The van der Waals surface area contributed by atoms with Crippen molar-refractivity contribution >= 4 is 11.9 Å². The Bertz CT molecular complexity index is 851. The number of aromatic nitrogens is 2. The van der Waals surface area contributed by atoms with Crippen molar-refractivity contribution in [3.8, 4) is 11.4 Å². The first kappa shape index (κ1) is 18.0. The van der Waals surface area contributed by atoms with E-state index in [0.717, 1.165) is 0 Å². The molecule has 0 saturated carbocycles. The molecule has 1 N–H and O–H groups in total. The molecule has 8 heteroatoms. The van der Waals surface area contributed by atoms with E-state index in [0.29, 0.717) is 30.5 Å². The normalized spacial score (nSPS) is 19.7. The Kier molecular flexibility index (Phi) is 4.76. The number of rotatable bonds is 5. The molecule has 26 heavy (non-hydrogen) atoms. The maximum Gasteiger partial charge on any atom is 0.329 e. The molecule has 0 spiro atoms. The van der Waals surface area contributed by atoms with Crippen molar-refractivity contribution in [3.63, 3.8) is 0 Å². The zero-order valence-electron chi connectivity index (χ0n) is 14.7. The lowest BCUT2D eigenvalue weighted by Crippen LogP contribution is -2.50. The van der Waals surface area contributed by atoms with Crippen LogP contribution >= 0.6 is 0 Å².